The highest BCUT2D eigenvalue weighted by Crippen LogP contribution is 2.53. The van der Waals surface area contributed by atoms with Gasteiger partial charge in [-0.15, -0.1) is 0 Å². The van der Waals surface area contributed by atoms with Crippen molar-refractivity contribution < 1.29 is 28.9 Å². The number of para-hydroxylation sites is 2. The molecule has 57 heavy (non-hydrogen) atoms. The number of aryl methyl sites for hydroxylation is 1. The maximum Gasteiger partial charge on any atom is 0.263 e. The van der Waals surface area contributed by atoms with Gasteiger partial charge in [0.25, 0.3) is 5.01 Å². The van der Waals surface area contributed by atoms with E-state index in [1.165, 1.54) is 87.3 Å². The zero-order chi connectivity index (χ0) is 40.1. The normalized spacial score (nSPS) is 18.1. The summed E-state index contributed by atoms with van der Waals surface area (Å²) in [5.41, 5.74) is 4.52. The van der Waals surface area contributed by atoms with Crippen molar-refractivity contribution in [2.45, 2.75) is 95.8 Å². The highest BCUT2D eigenvalue weighted by Gasteiger charge is 2.48. The van der Waals surface area contributed by atoms with Crippen molar-refractivity contribution >= 4 is 62.4 Å². The molecule has 2 aromatic carbocycles. The van der Waals surface area contributed by atoms with Crippen molar-refractivity contribution in [1.82, 2.24) is 0 Å². The van der Waals surface area contributed by atoms with Crippen molar-refractivity contribution in [3.8, 4) is 0 Å². The number of ketones is 2. The summed E-state index contributed by atoms with van der Waals surface area (Å²) < 4.78 is 5.55. The first-order valence-corrected chi connectivity index (χ1v) is 22.4. The molecule has 2 N–H and O–H groups in total. The molecule has 296 valence electrons. The van der Waals surface area contributed by atoms with E-state index >= 15 is 0 Å². The van der Waals surface area contributed by atoms with Gasteiger partial charge in [-0.2, -0.15) is 4.57 Å². The highest BCUT2D eigenvalue weighted by atomic mass is 32.2. The van der Waals surface area contributed by atoms with Gasteiger partial charge in [-0.1, -0.05) is 113 Å². The van der Waals surface area contributed by atoms with E-state index in [1.54, 1.807) is 6.08 Å². The smallest absolute Gasteiger partial charge is 0.263 e. The molecular weight excluding hydrogens is 747 g/mol. The van der Waals surface area contributed by atoms with Crippen LogP contribution in [0, 0.1) is 0 Å². The summed E-state index contributed by atoms with van der Waals surface area (Å²) in [5.74, 6) is -1.03. The Balaban J connectivity index is 1.20. The molecule has 1 aliphatic heterocycles. The predicted molar refractivity (Wildman–Crippen MR) is 235 cm³/mol. The largest absolute Gasteiger partial charge is 0.506 e. The van der Waals surface area contributed by atoms with Crippen molar-refractivity contribution in [3.05, 3.63) is 128 Å². The first-order valence-electron chi connectivity index (χ1n) is 20.8. The second kappa shape index (κ2) is 18.2. The Morgan fingerprint density at radius 2 is 1.35 bits per heavy atom. The number of rotatable bonds is 17. The molecule has 3 aromatic rings. The molecule has 2 heterocycles. The number of Topliss-reactive ketones (excluding diaryl/α,β-unsaturated/α-hetero) is 2. The standard InChI is InChI=1S/C48H53N3O4S2/c1-5-7-9-11-13-19-29-51(30-20-14-12-10-8-6-2)33-27-25-32(26-28-33)40-46(54)43(47(40)55)41(48-50(4)36-22-16-18-24-38(36)57-48)42-44(52)34(45(42)53)31-39-49(3)35-21-15-17-23-37(35)56-39/h15-18,21-28,31H,5-14,19-20,29-30H2,1-4H3/p+2. The van der Waals surface area contributed by atoms with Gasteiger partial charge in [0.15, 0.2) is 5.71 Å². The van der Waals surface area contributed by atoms with Crippen LogP contribution in [0.1, 0.15) is 95.9 Å². The van der Waals surface area contributed by atoms with Crippen LogP contribution < -0.4 is 9.47 Å². The molecule has 0 saturated heterocycles. The summed E-state index contributed by atoms with van der Waals surface area (Å²) in [6.45, 7) is 6.50. The van der Waals surface area contributed by atoms with Crippen LogP contribution in [-0.2, 0) is 16.6 Å². The van der Waals surface area contributed by atoms with Gasteiger partial charge in [0.2, 0.25) is 17.1 Å². The van der Waals surface area contributed by atoms with Crippen molar-refractivity contribution in [2.75, 3.05) is 25.0 Å². The number of benzene rings is 2. The molecule has 7 nitrogen and oxygen atoms in total. The third-order valence-corrected chi connectivity index (χ3v) is 13.9. The topological polar surface area (TPSA) is 84.7 Å². The van der Waals surface area contributed by atoms with Crippen molar-refractivity contribution in [2.24, 2.45) is 7.05 Å². The summed E-state index contributed by atoms with van der Waals surface area (Å²) in [6.07, 6.45) is 24.7. The van der Waals surface area contributed by atoms with Gasteiger partial charge in [-0.05, 0) is 48.8 Å². The fourth-order valence-electron chi connectivity index (χ4n) is 8.10. The fourth-order valence-corrected chi connectivity index (χ4v) is 10.4. The van der Waals surface area contributed by atoms with Crippen LogP contribution in [-0.4, -0.2) is 52.2 Å². The van der Waals surface area contributed by atoms with Gasteiger partial charge in [-0.25, -0.2) is 4.58 Å². The summed E-state index contributed by atoms with van der Waals surface area (Å²) in [7, 11) is 3.82. The molecule has 0 saturated carbocycles. The van der Waals surface area contributed by atoms with E-state index in [1.807, 2.05) is 84.2 Å². The molecule has 0 fully saturated rings. The van der Waals surface area contributed by atoms with E-state index in [0.717, 1.165) is 57.4 Å². The minimum Gasteiger partial charge on any atom is -0.506 e. The van der Waals surface area contributed by atoms with E-state index < -0.39 is 0 Å². The number of carbonyl (C=O) groups is 2. The number of aromatic nitrogens is 1. The Hall–Kier alpha value is -4.73. The molecule has 0 amide bonds. The van der Waals surface area contributed by atoms with Crippen LogP contribution in [0.3, 0.4) is 0 Å². The summed E-state index contributed by atoms with van der Waals surface area (Å²) >= 11 is 2.96. The van der Waals surface area contributed by atoms with E-state index in [4.69, 9.17) is 0 Å². The number of unbranched alkanes of at least 4 members (excludes halogenated alkanes) is 10. The minimum absolute atomic E-state index is 0.0523. The molecular formula is C48H55N3O4S2+2. The molecule has 1 aromatic heterocycles. The average Bonchev–Trinajstić information content (AvgIpc) is 3.73. The number of aliphatic hydroxyl groups excluding tert-OH is 2. The minimum atomic E-state index is -0.362. The van der Waals surface area contributed by atoms with Crippen LogP contribution in [0.25, 0.3) is 16.3 Å². The number of fused-ring (bicyclic) bond motifs is 2. The third kappa shape index (κ3) is 8.19. The lowest BCUT2D eigenvalue weighted by Gasteiger charge is -2.31. The summed E-state index contributed by atoms with van der Waals surface area (Å²) in [5, 5.41) is 24.9. The summed E-state index contributed by atoms with van der Waals surface area (Å²) in [4.78, 5) is 31.3. The molecule has 9 heteroatoms. The van der Waals surface area contributed by atoms with Gasteiger partial charge >= 0.3 is 0 Å². The van der Waals surface area contributed by atoms with E-state index in [9.17, 15) is 19.8 Å². The number of allylic oxidation sites excluding steroid dienone is 10. The molecule has 3 aliphatic carbocycles. The molecule has 4 aliphatic rings. The number of thiazole rings is 1. The van der Waals surface area contributed by atoms with Crippen LogP contribution in [0.5, 0.6) is 0 Å². The fraction of sp³-hybridized carbons (Fsp3) is 0.375. The Morgan fingerprint density at radius 1 is 0.754 bits per heavy atom. The SMILES string of the molecule is CCCCCCCC[N+](CCCCCCCC)=C1C=CC(=C2C(=O)C(/C(C3=C(O)/C(=C\c4sc5ccccc5[n+]4C)C3=O)=C3\Sc4ccccc4N3C)=C2O)C=C1. The second-order valence-electron chi connectivity index (χ2n) is 15.4. The van der Waals surface area contributed by atoms with Crippen LogP contribution in [0.4, 0.5) is 5.69 Å². The zero-order valence-corrected chi connectivity index (χ0v) is 35.4. The number of nitrogens with zero attached hydrogens (tertiary/aromatic N) is 3. The number of hydrogen-bond acceptors (Lipinski definition) is 7. The maximum absolute atomic E-state index is 14.3. The van der Waals surface area contributed by atoms with Crippen LogP contribution in [0.2, 0.25) is 0 Å². The van der Waals surface area contributed by atoms with Gasteiger partial charge in [-0.3, -0.25) is 9.59 Å². The quantitative estimate of drug-likeness (QED) is 0.0803. The van der Waals surface area contributed by atoms with E-state index in [0.29, 0.717) is 10.6 Å². The molecule has 0 unspecified atom stereocenters. The molecule has 0 radical (unpaired) electrons. The third-order valence-electron chi connectivity index (χ3n) is 11.5. The van der Waals surface area contributed by atoms with Crippen LogP contribution in [0.15, 0.2) is 128 Å². The second-order valence-corrected chi connectivity index (χ2v) is 17.5. The van der Waals surface area contributed by atoms with Crippen molar-refractivity contribution in [1.29, 1.82) is 0 Å². The van der Waals surface area contributed by atoms with Gasteiger partial charge in [0, 0.05) is 54.7 Å². The Labute approximate surface area is 345 Å². The lowest BCUT2D eigenvalue weighted by atomic mass is 9.73. The Kier molecular flexibility index (Phi) is 13.0. The number of thioether (sulfide) groups is 1. The molecule has 7 rings (SSSR count). The number of anilines is 1. The van der Waals surface area contributed by atoms with Gasteiger partial charge in [0.1, 0.15) is 36.4 Å². The number of aliphatic hydroxyl groups is 2. The lowest BCUT2D eigenvalue weighted by Crippen LogP contribution is -2.34. The molecule has 0 bridgehead atoms. The van der Waals surface area contributed by atoms with Gasteiger partial charge in [0.05, 0.1) is 33.0 Å². The molecule has 0 spiro atoms. The first kappa shape index (κ1) is 40.5. The zero-order valence-electron chi connectivity index (χ0n) is 33.8. The monoisotopic (exact) mass is 801 g/mol. The number of hydrogen-bond donors (Lipinski definition) is 2. The van der Waals surface area contributed by atoms with E-state index in [2.05, 4.69) is 30.6 Å². The Morgan fingerprint density at radius 3 is 1.96 bits per heavy atom. The summed E-state index contributed by atoms with van der Waals surface area (Å²) in [6, 6.07) is 15.9. The van der Waals surface area contributed by atoms with E-state index in [-0.39, 0.29) is 51.0 Å². The van der Waals surface area contributed by atoms with Crippen molar-refractivity contribution in [3.63, 3.8) is 0 Å². The average molecular weight is 802 g/mol. The predicted octanol–water partition coefficient (Wildman–Crippen LogP) is 10.9. The lowest BCUT2D eigenvalue weighted by molar-refractivity contribution is -0.642. The highest BCUT2D eigenvalue weighted by molar-refractivity contribution is 8.03. The van der Waals surface area contributed by atoms with Gasteiger partial charge < -0.3 is 15.1 Å². The maximum atomic E-state index is 14.3. The van der Waals surface area contributed by atoms with Crippen LogP contribution >= 0.6 is 23.1 Å². The Bertz CT molecular complexity index is 2310. The first-order chi connectivity index (χ1) is 27.7. The number of carbonyl (C=O) groups excluding carboxylic acids is 2. The molecule has 0 atom stereocenters.